The molecule has 0 spiro atoms. The third-order valence-corrected chi connectivity index (χ3v) is 1.26. The average Bonchev–Trinajstić information content (AvgIpc) is 1.84. The minimum atomic E-state index is -0.464. The van der Waals surface area contributed by atoms with Gasteiger partial charge in [0.2, 0.25) is 0 Å². The number of ether oxygens (including phenoxy) is 1. The van der Waals surface area contributed by atoms with Crippen molar-refractivity contribution < 1.29 is 14.3 Å². The summed E-state index contributed by atoms with van der Waals surface area (Å²) < 4.78 is 5.05. The van der Waals surface area contributed by atoms with Crippen LogP contribution in [0.2, 0.25) is 0 Å². The van der Waals surface area contributed by atoms with Gasteiger partial charge in [0.25, 0.3) is 0 Å². The molecule has 0 rings (SSSR count). The Morgan fingerprint density at radius 1 is 1.50 bits per heavy atom. The summed E-state index contributed by atoms with van der Waals surface area (Å²) in [5, 5.41) is 0. The van der Waals surface area contributed by atoms with Gasteiger partial charge in [-0.05, 0) is 20.8 Å². The first kappa shape index (κ1) is 11.1. The molecular formula is C9H16O3. The lowest BCUT2D eigenvalue weighted by Gasteiger charge is -2.21. The Morgan fingerprint density at radius 2 is 2.00 bits per heavy atom. The molecule has 0 fully saturated rings. The molecule has 0 heterocycles. The Morgan fingerprint density at radius 3 is 2.33 bits per heavy atom. The van der Waals surface area contributed by atoms with Crippen molar-refractivity contribution in [3.63, 3.8) is 0 Å². The average molecular weight is 172 g/mol. The van der Waals surface area contributed by atoms with Gasteiger partial charge in [-0.1, -0.05) is 6.92 Å². The van der Waals surface area contributed by atoms with E-state index in [0.717, 1.165) is 6.29 Å². The van der Waals surface area contributed by atoms with Crippen molar-refractivity contribution in [1.29, 1.82) is 0 Å². The van der Waals surface area contributed by atoms with E-state index in [4.69, 9.17) is 4.74 Å². The van der Waals surface area contributed by atoms with Gasteiger partial charge in [0.15, 0.2) is 0 Å². The van der Waals surface area contributed by atoms with Crippen LogP contribution in [0.5, 0.6) is 0 Å². The molecule has 0 saturated heterocycles. The van der Waals surface area contributed by atoms with Crippen molar-refractivity contribution in [3.05, 3.63) is 0 Å². The topological polar surface area (TPSA) is 43.4 Å². The molecule has 0 unspecified atom stereocenters. The summed E-state index contributed by atoms with van der Waals surface area (Å²) in [6, 6.07) is 0. The first-order chi connectivity index (χ1) is 5.37. The van der Waals surface area contributed by atoms with Crippen molar-refractivity contribution in [2.75, 3.05) is 0 Å². The second kappa shape index (κ2) is 4.24. The lowest BCUT2D eigenvalue weighted by Crippen LogP contribution is -2.27. The monoisotopic (exact) mass is 172 g/mol. The zero-order valence-electron chi connectivity index (χ0n) is 8.09. The van der Waals surface area contributed by atoms with Crippen LogP contribution in [0.25, 0.3) is 0 Å². The van der Waals surface area contributed by atoms with Crippen molar-refractivity contribution in [2.24, 2.45) is 5.92 Å². The highest BCUT2D eigenvalue weighted by molar-refractivity contribution is 5.75. The van der Waals surface area contributed by atoms with Gasteiger partial charge in [0, 0.05) is 6.42 Å². The van der Waals surface area contributed by atoms with Crippen LogP contribution in [0.1, 0.15) is 34.1 Å². The normalized spacial score (nSPS) is 13.7. The van der Waals surface area contributed by atoms with Gasteiger partial charge >= 0.3 is 5.97 Å². The number of hydrogen-bond acceptors (Lipinski definition) is 3. The molecule has 0 aromatic carbocycles. The van der Waals surface area contributed by atoms with E-state index in [1.807, 2.05) is 0 Å². The van der Waals surface area contributed by atoms with Gasteiger partial charge in [-0.25, -0.2) is 0 Å². The maximum absolute atomic E-state index is 11.2. The van der Waals surface area contributed by atoms with Gasteiger partial charge < -0.3 is 9.53 Å². The largest absolute Gasteiger partial charge is 0.460 e. The Labute approximate surface area is 73.1 Å². The van der Waals surface area contributed by atoms with Crippen LogP contribution in [0.3, 0.4) is 0 Å². The molecule has 3 heteroatoms. The van der Waals surface area contributed by atoms with Gasteiger partial charge in [0.05, 0.1) is 5.92 Å². The number of carbonyl (C=O) groups excluding carboxylic acids is 2. The van der Waals surface area contributed by atoms with Crippen LogP contribution < -0.4 is 0 Å². The van der Waals surface area contributed by atoms with Gasteiger partial charge in [-0.2, -0.15) is 0 Å². The SMILES string of the molecule is C[C@@H](CC=O)C(=O)OC(C)(C)C. The van der Waals surface area contributed by atoms with E-state index in [1.165, 1.54) is 0 Å². The lowest BCUT2D eigenvalue weighted by molar-refractivity contribution is -0.159. The third-order valence-electron chi connectivity index (χ3n) is 1.26. The van der Waals surface area contributed by atoms with Crippen molar-refractivity contribution in [3.8, 4) is 0 Å². The molecular weight excluding hydrogens is 156 g/mol. The summed E-state index contributed by atoms with van der Waals surface area (Å²) in [5.41, 5.74) is -0.464. The summed E-state index contributed by atoms with van der Waals surface area (Å²) >= 11 is 0. The number of hydrogen-bond donors (Lipinski definition) is 0. The molecule has 0 aromatic heterocycles. The molecule has 0 aliphatic rings. The highest BCUT2D eigenvalue weighted by atomic mass is 16.6. The Balaban J connectivity index is 3.95. The van der Waals surface area contributed by atoms with Gasteiger partial charge in [-0.3, -0.25) is 4.79 Å². The summed E-state index contributed by atoms with van der Waals surface area (Å²) in [6.45, 7) is 7.10. The van der Waals surface area contributed by atoms with E-state index in [2.05, 4.69) is 0 Å². The Bertz CT molecular complexity index is 167. The molecule has 0 saturated carbocycles. The minimum absolute atomic E-state index is 0.231. The van der Waals surface area contributed by atoms with Crippen LogP contribution >= 0.6 is 0 Å². The van der Waals surface area contributed by atoms with Crippen molar-refractivity contribution in [2.45, 2.75) is 39.7 Å². The minimum Gasteiger partial charge on any atom is -0.460 e. The quantitative estimate of drug-likeness (QED) is 0.479. The van der Waals surface area contributed by atoms with E-state index < -0.39 is 5.60 Å². The fourth-order valence-corrected chi connectivity index (χ4v) is 0.643. The Kier molecular flexibility index (Phi) is 3.93. The fourth-order valence-electron chi connectivity index (χ4n) is 0.643. The lowest BCUT2D eigenvalue weighted by atomic mass is 10.1. The summed E-state index contributed by atoms with van der Waals surface area (Å²) in [6.07, 6.45) is 0.962. The van der Waals surface area contributed by atoms with Crippen molar-refractivity contribution in [1.82, 2.24) is 0 Å². The first-order valence-electron chi connectivity index (χ1n) is 4.03. The van der Waals surface area contributed by atoms with E-state index in [1.54, 1.807) is 27.7 Å². The molecule has 0 aliphatic carbocycles. The highest BCUT2D eigenvalue weighted by Gasteiger charge is 2.20. The number of esters is 1. The molecule has 1 atom stereocenters. The van der Waals surface area contributed by atoms with Gasteiger partial charge in [0.1, 0.15) is 11.9 Å². The smallest absolute Gasteiger partial charge is 0.309 e. The molecule has 0 radical (unpaired) electrons. The van der Waals surface area contributed by atoms with Crippen LogP contribution in [-0.4, -0.2) is 17.9 Å². The standard InChI is InChI=1S/C9H16O3/c1-7(5-6-10)8(11)12-9(2,3)4/h6-7H,5H2,1-4H3/t7-/m0/s1. The second-order valence-corrected chi connectivity index (χ2v) is 3.84. The third kappa shape index (κ3) is 4.88. The molecule has 0 amide bonds. The van der Waals surface area contributed by atoms with Crippen LogP contribution in [0, 0.1) is 5.92 Å². The van der Waals surface area contributed by atoms with Gasteiger partial charge in [-0.15, -0.1) is 0 Å². The molecule has 0 N–H and O–H groups in total. The number of aldehydes is 1. The van der Waals surface area contributed by atoms with Crippen molar-refractivity contribution >= 4 is 12.3 Å². The van der Waals surface area contributed by atoms with E-state index in [-0.39, 0.29) is 18.3 Å². The maximum Gasteiger partial charge on any atom is 0.309 e. The van der Waals surface area contributed by atoms with E-state index in [0.29, 0.717) is 0 Å². The maximum atomic E-state index is 11.2. The molecule has 12 heavy (non-hydrogen) atoms. The molecule has 0 bridgehead atoms. The van der Waals surface area contributed by atoms with Crippen LogP contribution in [-0.2, 0) is 14.3 Å². The van der Waals surface area contributed by atoms with E-state index >= 15 is 0 Å². The fraction of sp³-hybridized carbons (Fsp3) is 0.778. The number of carbonyl (C=O) groups is 2. The van der Waals surface area contributed by atoms with E-state index in [9.17, 15) is 9.59 Å². The molecule has 3 nitrogen and oxygen atoms in total. The second-order valence-electron chi connectivity index (χ2n) is 3.84. The predicted molar refractivity (Wildman–Crippen MR) is 45.7 cm³/mol. The molecule has 0 aliphatic heterocycles. The Hall–Kier alpha value is -0.860. The highest BCUT2D eigenvalue weighted by Crippen LogP contribution is 2.12. The summed E-state index contributed by atoms with van der Waals surface area (Å²) in [7, 11) is 0. The summed E-state index contributed by atoms with van der Waals surface area (Å²) in [4.78, 5) is 21.2. The zero-order valence-corrected chi connectivity index (χ0v) is 8.09. The summed E-state index contributed by atoms with van der Waals surface area (Å²) in [5.74, 6) is -0.642. The zero-order chi connectivity index (χ0) is 9.78. The number of rotatable bonds is 3. The first-order valence-corrected chi connectivity index (χ1v) is 4.03. The molecule has 70 valence electrons. The molecule has 0 aromatic rings. The van der Waals surface area contributed by atoms with Crippen LogP contribution in [0.4, 0.5) is 0 Å². The predicted octanol–water partition coefficient (Wildman–Crippen LogP) is 1.55. The van der Waals surface area contributed by atoms with Crippen LogP contribution in [0.15, 0.2) is 0 Å².